The summed E-state index contributed by atoms with van der Waals surface area (Å²) in [6.07, 6.45) is 0.903. The number of fused-ring (bicyclic) bond motifs is 1. The summed E-state index contributed by atoms with van der Waals surface area (Å²) in [5.74, 6) is -2.51. The van der Waals surface area contributed by atoms with Crippen LogP contribution in [0.3, 0.4) is 0 Å². The van der Waals surface area contributed by atoms with Crippen molar-refractivity contribution < 1.29 is 13.2 Å². The minimum absolute atomic E-state index is 0.179. The highest BCUT2D eigenvalue weighted by atomic mass is 19.2. The Hall–Kier alpha value is -3.09. The lowest BCUT2D eigenvalue weighted by Crippen LogP contribution is -2.31. The van der Waals surface area contributed by atoms with E-state index in [-0.39, 0.29) is 5.69 Å². The fourth-order valence-electron chi connectivity index (χ4n) is 3.23. The SMILES string of the molecule is Cc1nc(Nc2ccc(F)c(F)c2F)cc(N2CCc3ccccc3C2)n1. The Morgan fingerprint density at radius 1 is 0.963 bits per heavy atom. The Labute approximate surface area is 154 Å². The van der Waals surface area contributed by atoms with Crippen molar-refractivity contribution in [3.63, 3.8) is 0 Å². The van der Waals surface area contributed by atoms with Crippen LogP contribution in [-0.4, -0.2) is 16.5 Å². The quantitative estimate of drug-likeness (QED) is 0.689. The van der Waals surface area contributed by atoms with E-state index in [9.17, 15) is 13.2 Å². The molecule has 1 N–H and O–H groups in total. The molecule has 27 heavy (non-hydrogen) atoms. The highest BCUT2D eigenvalue weighted by Gasteiger charge is 2.19. The number of anilines is 3. The molecule has 0 atom stereocenters. The molecule has 138 valence electrons. The maximum Gasteiger partial charge on any atom is 0.196 e. The molecule has 0 radical (unpaired) electrons. The van der Waals surface area contributed by atoms with Gasteiger partial charge in [-0.15, -0.1) is 0 Å². The summed E-state index contributed by atoms with van der Waals surface area (Å²) in [6, 6.07) is 11.9. The standard InChI is InChI=1S/C20H17F3N4/c1-12-24-17(26-16-7-6-15(21)19(22)20(16)23)10-18(25-12)27-9-8-13-4-2-3-5-14(13)11-27/h2-7,10H,8-9,11H2,1H3,(H,24,25,26). The number of aromatic nitrogens is 2. The summed E-state index contributed by atoms with van der Waals surface area (Å²) in [4.78, 5) is 10.8. The first kappa shape index (κ1) is 17.3. The van der Waals surface area contributed by atoms with Crippen molar-refractivity contribution in [3.8, 4) is 0 Å². The van der Waals surface area contributed by atoms with Crippen LogP contribution >= 0.6 is 0 Å². The molecule has 4 nitrogen and oxygen atoms in total. The second-order valence-electron chi connectivity index (χ2n) is 6.45. The third kappa shape index (κ3) is 3.45. The van der Waals surface area contributed by atoms with Crippen LogP contribution in [0.2, 0.25) is 0 Å². The number of rotatable bonds is 3. The van der Waals surface area contributed by atoms with Crippen molar-refractivity contribution in [2.45, 2.75) is 19.9 Å². The minimum Gasteiger partial charge on any atom is -0.352 e. The van der Waals surface area contributed by atoms with E-state index in [1.807, 2.05) is 12.1 Å². The van der Waals surface area contributed by atoms with E-state index >= 15 is 0 Å². The summed E-state index contributed by atoms with van der Waals surface area (Å²) in [5.41, 5.74) is 2.38. The van der Waals surface area contributed by atoms with Crippen molar-refractivity contribution in [1.82, 2.24) is 9.97 Å². The molecular weight excluding hydrogens is 353 g/mol. The first-order valence-electron chi connectivity index (χ1n) is 8.59. The lowest BCUT2D eigenvalue weighted by atomic mass is 10.00. The first-order valence-corrected chi connectivity index (χ1v) is 8.59. The van der Waals surface area contributed by atoms with Crippen LogP contribution in [0.4, 0.5) is 30.5 Å². The van der Waals surface area contributed by atoms with Crippen LogP contribution in [-0.2, 0) is 13.0 Å². The second-order valence-corrected chi connectivity index (χ2v) is 6.45. The molecule has 0 spiro atoms. The van der Waals surface area contributed by atoms with Crippen LogP contribution in [0.1, 0.15) is 17.0 Å². The predicted octanol–water partition coefficient (Wildman–Crippen LogP) is 4.51. The predicted molar refractivity (Wildman–Crippen MR) is 97.6 cm³/mol. The van der Waals surface area contributed by atoms with Crippen molar-refractivity contribution in [1.29, 1.82) is 0 Å². The highest BCUT2D eigenvalue weighted by Crippen LogP contribution is 2.27. The summed E-state index contributed by atoms with van der Waals surface area (Å²) in [7, 11) is 0. The molecule has 1 aliphatic rings. The molecule has 0 fully saturated rings. The van der Waals surface area contributed by atoms with Gasteiger partial charge >= 0.3 is 0 Å². The van der Waals surface area contributed by atoms with Gasteiger partial charge in [0.2, 0.25) is 0 Å². The Morgan fingerprint density at radius 3 is 2.56 bits per heavy atom. The van der Waals surface area contributed by atoms with E-state index in [4.69, 9.17) is 0 Å². The van der Waals surface area contributed by atoms with Crippen LogP contribution in [0.15, 0.2) is 42.5 Å². The largest absolute Gasteiger partial charge is 0.352 e. The number of nitrogens with zero attached hydrogens (tertiary/aromatic N) is 3. The van der Waals surface area contributed by atoms with Crippen molar-refractivity contribution in [2.24, 2.45) is 0 Å². The topological polar surface area (TPSA) is 41.1 Å². The van der Waals surface area contributed by atoms with Gasteiger partial charge in [-0.1, -0.05) is 24.3 Å². The van der Waals surface area contributed by atoms with Gasteiger partial charge < -0.3 is 10.2 Å². The van der Waals surface area contributed by atoms with Crippen LogP contribution in [0, 0.1) is 24.4 Å². The van der Waals surface area contributed by atoms with Gasteiger partial charge in [-0.3, -0.25) is 0 Å². The lowest BCUT2D eigenvalue weighted by molar-refractivity contribution is 0.449. The molecule has 2 aromatic carbocycles. The van der Waals surface area contributed by atoms with Gasteiger partial charge in [0.15, 0.2) is 17.5 Å². The highest BCUT2D eigenvalue weighted by molar-refractivity contribution is 5.61. The summed E-state index contributed by atoms with van der Waals surface area (Å²) < 4.78 is 40.5. The second kappa shape index (κ2) is 6.90. The van der Waals surface area contributed by atoms with Crippen molar-refractivity contribution in [3.05, 3.63) is 76.9 Å². The molecular formula is C20H17F3N4. The summed E-state index contributed by atoms with van der Waals surface area (Å²) >= 11 is 0. The zero-order valence-corrected chi connectivity index (χ0v) is 14.6. The fraction of sp³-hybridized carbons (Fsp3) is 0.200. The third-order valence-corrected chi connectivity index (χ3v) is 4.58. The van der Waals surface area contributed by atoms with Gasteiger partial charge in [0.1, 0.15) is 17.5 Å². The van der Waals surface area contributed by atoms with Gasteiger partial charge in [-0.25, -0.2) is 23.1 Å². The Bertz CT molecular complexity index is 1010. The van der Waals surface area contributed by atoms with Crippen LogP contribution in [0.5, 0.6) is 0 Å². The van der Waals surface area contributed by atoms with Gasteiger partial charge in [0, 0.05) is 19.2 Å². The Morgan fingerprint density at radius 2 is 1.74 bits per heavy atom. The molecule has 1 aliphatic heterocycles. The Kier molecular flexibility index (Phi) is 4.43. The monoisotopic (exact) mass is 370 g/mol. The molecule has 4 rings (SSSR count). The fourth-order valence-corrected chi connectivity index (χ4v) is 3.23. The molecule has 0 bridgehead atoms. The summed E-state index contributed by atoms with van der Waals surface area (Å²) in [5, 5.41) is 2.72. The average Bonchev–Trinajstić information content (AvgIpc) is 2.67. The Balaban J connectivity index is 1.62. The third-order valence-electron chi connectivity index (χ3n) is 4.58. The molecule has 3 aromatic rings. The van der Waals surface area contributed by atoms with E-state index in [0.717, 1.165) is 25.1 Å². The van der Waals surface area contributed by atoms with Crippen LogP contribution < -0.4 is 10.2 Å². The molecule has 0 saturated carbocycles. The summed E-state index contributed by atoms with van der Waals surface area (Å²) in [6.45, 7) is 3.24. The normalized spacial score (nSPS) is 13.4. The average molecular weight is 370 g/mol. The van der Waals surface area contributed by atoms with Gasteiger partial charge in [-0.05, 0) is 36.6 Å². The number of nitrogens with one attached hydrogen (secondary N) is 1. The van der Waals surface area contributed by atoms with Crippen molar-refractivity contribution >= 4 is 17.3 Å². The van der Waals surface area contributed by atoms with Gasteiger partial charge in [0.05, 0.1) is 5.69 Å². The molecule has 0 amide bonds. The van der Waals surface area contributed by atoms with E-state index in [1.54, 1.807) is 13.0 Å². The van der Waals surface area contributed by atoms with Gasteiger partial charge in [0.25, 0.3) is 0 Å². The zero-order chi connectivity index (χ0) is 19.0. The number of halogens is 3. The minimum atomic E-state index is -1.52. The molecule has 2 heterocycles. The van der Waals surface area contributed by atoms with Crippen LogP contribution in [0.25, 0.3) is 0 Å². The molecule has 0 unspecified atom stereocenters. The molecule has 7 heteroatoms. The first-order chi connectivity index (χ1) is 13.0. The van der Waals surface area contributed by atoms with E-state index in [2.05, 4.69) is 32.3 Å². The van der Waals surface area contributed by atoms with E-state index < -0.39 is 17.5 Å². The van der Waals surface area contributed by atoms with Crippen molar-refractivity contribution in [2.75, 3.05) is 16.8 Å². The molecule has 1 aromatic heterocycles. The molecule has 0 saturated heterocycles. The van der Waals surface area contributed by atoms with E-state index in [1.165, 1.54) is 11.1 Å². The smallest absolute Gasteiger partial charge is 0.196 e. The lowest BCUT2D eigenvalue weighted by Gasteiger charge is -2.30. The molecule has 0 aliphatic carbocycles. The zero-order valence-electron chi connectivity index (χ0n) is 14.6. The maximum atomic E-state index is 13.9. The maximum absolute atomic E-state index is 13.9. The number of aryl methyl sites for hydroxylation is 1. The van der Waals surface area contributed by atoms with E-state index in [0.29, 0.717) is 24.0 Å². The van der Waals surface area contributed by atoms with Gasteiger partial charge in [-0.2, -0.15) is 0 Å². The number of benzene rings is 2. The number of hydrogen-bond donors (Lipinski definition) is 1. The number of hydrogen-bond acceptors (Lipinski definition) is 4.